The minimum atomic E-state index is -0.592. The first-order chi connectivity index (χ1) is 17.1. The van der Waals surface area contributed by atoms with Crippen LogP contribution in [-0.2, 0) is 16.0 Å². The number of aliphatic hydroxyl groups is 1. The van der Waals surface area contributed by atoms with Crippen LogP contribution in [0.15, 0.2) is 30.5 Å². The summed E-state index contributed by atoms with van der Waals surface area (Å²) in [5, 5.41) is 20.6. The maximum Gasteiger partial charge on any atom is 0.412 e. The molecule has 3 unspecified atom stereocenters. The summed E-state index contributed by atoms with van der Waals surface area (Å²) < 4.78 is 12.2. The Kier molecular flexibility index (Phi) is 10.7. The van der Waals surface area contributed by atoms with E-state index in [1.807, 2.05) is 38.2 Å². The van der Waals surface area contributed by atoms with Crippen molar-refractivity contribution in [2.24, 2.45) is 5.73 Å². The number of aromatic nitrogens is 3. The number of ether oxygens (including phenoxy) is 2. The Morgan fingerprint density at radius 2 is 1.97 bits per heavy atom. The molecule has 2 amide bonds. The SMILES string of the molecule is CC.CC(N)C1C(CO)OC(=O)N1CCCCn1cc(-c2cccc(NC(=O)OC(C)(C)C)c2)nn1. The van der Waals surface area contributed by atoms with Crippen molar-refractivity contribution in [1.29, 1.82) is 0 Å². The van der Waals surface area contributed by atoms with Crippen LogP contribution < -0.4 is 11.1 Å². The van der Waals surface area contributed by atoms with Gasteiger partial charge in [-0.15, -0.1) is 5.10 Å². The van der Waals surface area contributed by atoms with Crippen LogP contribution in [0.1, 0.15) is 54.4 Å². The molecule has 1 aromatic carbocycles. The van der Waals surface area contributed by atoms with Crippen LogP contribution in [0.4, 0.5) is 15.3 Å². The molecule has 1 aliphatic rings. The second kappa shape index (κ2) is 13.2. The lowest BCUT2D eigenvalue weighted by Gasteiger charge is -2.26. The summed E-state index contributed by atoms with van der Waals surface area (Å²) in [7, 11) is 0. The van der Waals surface area contributed by atoms with Crippen molar-refractivity contribution in [1.82, 2.24) is 19.9 Å². The van der Waals surface area contributed by atoms with Crippen molar-refractivity contribution >= 4 is 17.9 Å². The molecule has 0 spiro atoms. The highest BCUT2D eigenvalue weighted by Gasteiger charge is 2.42. The molecule has 3 atom stereocenters. The van der Waals surface area contributed by atoms with E-state index in [9.17, 15) is 14.7 Å². The molecule has 36 heavy (non-hydrogen) atoms. The zero-order valence-electron chi connectivity index (χ0n) is 22.1. The number of hydrogen-bond donors (Lipinski definition) is 3. The molecule has 11 heteroatoms. The fourth-order valence-corrected chi connectivity index (χ4v) is 3.87. The summed E-state index contributed by atoms with van der Waals surface area (Å²) in [6.07, 6.45) is 1.77. The van der Waals surface area contributed by atoms with Gasteiger partial charge in [0.25, 0.3) is 0 Å². The van der Waals surface area contributed by atoms with Crippen LogP contribution >= 0.6 is 0 Å². The van der Waals surface area contributed by atoms with E-state index in [0.717, 1.165) is 18.4 Å². The molecular weight excluding hydrogens is 464 g/mol. The third-order valence-corrected chi connectivity index (χ3v) is 5.32. The van der Waals surface area contributed by atoms with Gasteiger partial charge in [-0.3, -0.25) is 14.9 Å². The first kappa shape index (κ1) is 29.1. The summed E-state index contributed by atoms with van der Waals surface area (Å²) in [6, 6.07) is 6.66. The van der Waals surface area contributed by atoms with Gasteiger partial charge in [0.05, 0.1) is 18.8 Å². The van der Waals surface area contributed by atoms with Gasteiger partial charge in [0, 0.05) is 30.4 Å². The highest BCUT2D eigenvalue weighted by molar-refractivity contribution is 5.86. The third-order valence-electron chi connectivity index (χ3n) is 5.32. The molecule has 0 bridgehead atoms. The quantitative estimate of drug-likeness (QED) is 0.439. The predicted molar refractivity (Wildman–Crippen MR) is 137 cm³/mol. The van der Waals surface area contributed by atoms with Gasteiger partial charge in [-0.2, -0.15) is 0 Å². The van der Waals surface area contributed by atoms with Gasteiger partial charge in [-0.25, -0.2) is 9.59 Å². The zero-order valence-corrected chi connectivity index (χ0v) is 22.1. The van der Waals surface area contributed by atoms with Gasteiger partial charge in [0.2, 0.25) is 0 Å². The Bertz CT molecular complexity index is 987. The smallest absolute Gasteiger partial charge is 0.412 e. The van der Waals surface area contributed by atoms with Gasteiger partial charge in [-0.1, -0.05) is 31.2 Å². The molecule has 0 radical (unpaired) electrons. The largest absolute Gasteiger partial charge is 0.444 e. The molecule has 1 aromatic heterocycles. The zero-order chi connectivity index (χ0) is 26.9. The van der Waals surface area contributed by atoms with Crippen molar-refractivity contribution < 1.29 is 24.2 Å². The normalized spacial score (nSPS) is 18.2. The van der Waals surface area contributed by atoms with E-state index >= 15 is 0 Å². The van der Waals surface area contributed by atoms with Crippen molar-refractivity contribution in [2.75, 3.05) is 18.5 Å². The number of benzene rings is 1. The van der Waals surface area contributed by atoms with Crippen LogP contribution in [0.25, 0.3) is 11.3 Å². The minimum absolute atomic E-state index is 0.245. The number of hydrogen-bond acceptors (Lipinski definition) is 8. The van der Waals surface area contributed by atoms with E-state index in [0.29, 0.717) is 24.5 Å². The fraction of sp³-hybridized carbons (Fsp3) is 0.600. The topological polar surface area (TPSA) is 145 Å². The maximum atomic E-state index is 12.1. The molecule has 11 nitrogen and oxygen atoms in total. The molecule has 0 aliphatic carbocycles. The van der Waals surface area contributed by atoms with Gasteiger partial charge < -0.3 is 20.3 Å². The van der Waals surface area contributed by atoms with E-state index in [-0.39, 0.29) is 18.7 Å². The number of cyclic esters (lactones) is 1. The number of rotatable bonds is 9. The molecule has 0 saturated carbocycles. The lowest BCUT2D eigenvalue weighted by molar-refractivity contribution is 0.0635. The standard InChI is InChI=1S/C23H34N6O5.C2H6/c1-15(24)20-19(14-30)33-22(32)29(20)11-6-5-10-28-13-18(26-27-28)16-8-7-9-17(12-16)25-21(31)34-23(2,3)4;1-2/h7-9,12-13,15,19-20,30H,5-6,10-11,14,24H2,1-4H3,(H,25,31);1-2H3. The van der Waals surface area contributed by atoms with Gasteiger partial charge in [-0.05, 0) is 52.7 Å². The van der Waals surface area contributed by atoms with Crippen LogP contribution in [-0.4, -0.2) is 74.1 Å². The van der Waals surface area contributed by atoms with E-state index in [4.69, 9.17) is 15.2 Å². The molecule has 4 N–H and O–H groups in total. The van der Waals surface area contributed by atoms with Crippen LogP contribution in [0.3, 0.4) is 0 Å². The minimum Gasteiger partial charge on any atom is -0.444 e. The number of aliphatic hydroxyl groups excluding tert-OH is 1. The molecule has 2 aromatic rings. The Morgan fingerprint density at radius 3 is 2.61 bits per heavy atom. The third kappa shape index (κ3) is 8.20. The number of nitrogens with zero attached hydrogens (tertiary/aromatic N) is 4. The molecule has 1 aliphatic heterocycles. The van der Waals surface area contributed by atoms with Crippen molar-refractivity contribution in [3.8, 4) is 11.3 Å². The Hall–Kier alpha value is -3.18. The number of carbonyl (C=O) groups is 2. The molecule has 200 valence electrons. The molecule has 2 heterocycles. The van der Waals surface area contributed by atoms with Gasteiger partial charge in [0.1, 0.15) is 17.4 Å². The van der Waals surface area contributed by atoms with E-state index in [1.165, 1.54) is 0 Å². The first-order valence-electron chi connectivity index (χ1n) is 12.4. The highest BCUT2D eigenvalue weighted by atomic mass is 16.6. The second-order valence-corrected chi connectivity index (χ2v) is 9.43. The fourth-order valence-electron chi connectivity index (χ4n) is 3.87. The van der Waals surface area contributed by atoms with E-state index in [2.05, 4.69) is 15.6 Å². The number of carbonyl (C=O) groups excluding carboxylic acids is 2. The second-order valence-electron chi connectivity index (χ2n) is 9.43. The summed E-state index contributed by atoms with van der Waals surface area (Å²) in [5.41, 5.74) is 7.51. The molecule has 1 saturated heterocycles. The number of anilines is 1. The van der Waals surface area contributed by atoms with Crippen molar-refractivity contribution in [2.45, 2.75) is 84.7 Å². The van der Waals surface area contributed by atoms with Crippen LogP contribution in [0.5, 0.6) is 0 Å². The number of amides is 2. The summed E-state index contributed by atoms with van der Waals surface area (Å²) in [6.45, 7) is 12.1. The summed E-state index contributed by atoms with van der Waals surface area (Å²) >= 11 is 0. The molecule has 1 fully saturated rings. The van der Waals surface area contributed by atoms with E-state index in [1.54, 1.807) is 43.3 Å². The lowest BCUT2D eigenvalue weighted by Crippen LogP contribution is -2.49. The Balaban J connectivity index is 0.00000222. The van der Waals surface area contributed by atoms with E-state index < -0.39 is 23.9 Å². The van der Waals surface area contributed by atoms with Crippen molar-refractivity contribution in [3.63, 3.8) is 0 Å². The van der Waals surface area contributed by atoms with Gasteiger partial charge >= 0.3 is 12.2 Å². The lowest BCUT2D eigenvalue weighted by atomic mass is 10.0. The van der Waals surface area contributed by atoms with Crippen molar-refractivity contribution in [3.05, 3.63) is 30.5 Å². The first-order valence-corrected chi connectivity index (χ1v) is 12.4. The number of nitrogens with two attached hydrogens (primary N) is 1. The Labute approximate surface area is 212 Å². The molecule has 3 rings (SSSR count). The molecular formula is C25H40N6O5. The average Bonchev–Trinajstić information content (AvgIpc) is 3.41. The number of unbranched alkanes of at least 4 members (excludes halogenated alkanes) is 1. The predicted octanol–water partition coefficient (Wildman–Crippen LogP) is 3.63. The summed E-state index contributed by atoms with van der Waals surface area (Å²) in [5.74, 6) is 0. The Morgan fingerprint density at radius 1 is 1.28 bits per heavy atom. The average molecular weight is 505 g/mol. The summed E-state index contributed by atoms with van der Waals surface area (Å²) in [4.78, 5) is 25.7. The number of nitrogens with one attached hydrogen (secondary N) is 1. The number of aryl methyl sites for hydroxylation is 1. The van der Waals surface area contributed by atoms with Crippen LogP contribution in [0, 0.1) is 0 Å². The monoisotopic (exact) mass is 504 g/mol. The highest BCUT2D eigenvalue weighted by Crippen LogP contribution is 2.23. The van der Waals surface area contributed by atoms with Crippen LogP contribution in [0.2, 0.25) is 0 Å². The maximum absolute atomic E-state index is 12.1. The van der Waals surface area contributed by atoms with Gasteiger partial charge in [0.15, 0.2) is 0 Å².